The van der Waals surface area contributed by atoms with Crippen molar-refractivity contribution >= 4 is 11.3 Å². The van der Waals surface area contributed by atoms with Gasteiger partial charge < -0.3 is 14.0 Å². The topological polar surface area (TPSA) is 39.5 Å². The van der Waals surface area contributed by atoms with Crippen LogP contribution in [-0.4, -0.2) is 40.8 Å². The second-order valence-electron chi connectivity index (χ2n) is 6.28. The first-order valence-corrected chi connectivity index (χ1v) is 9.18. The summed E-state index contributed by atoms with van der Waals surface area (Å²) in [4.78, 5) is 7.31. The zero-order valence-corrected chi connectivity index (χ0v) is 14.3. The van der Waals surface area contributed by atoms with Gasteiger partial charge in [0.25, 0.3) is 0 Å². The molecule has 0 radical (unpaired) electrons. The minimum absolute atomic E-state index is 0.224. The Bertz CT molecular complexity index is 648. The summed E-state index contributed by atoms with van der Waals surface area (Å²) >= 11 is 1.74. The van der Waals surface area contributed by atoms with E-state index in [4.69, 9.17) is 14.5 Å². The Hall–Kier alpha value is -1.21. The Morgan fingerprint density at radius 2 is 2.35 bits per heavy atom. The van der Waals surface area contributed by atoms with E-state index in [2.05, 4.69) is 40.2 Å². The molecule has 0 saturated carbocycles. The fourth-order valence-electron chi connectivity index (χ4n) is 3.44. The van der Waals surface area contributed by atoms with Crippen LogP contribution in [0.3, 0.4) is 0 Å². The number of hydrogen-bond donors (Lipinski definition) is 0. The number of nitrogens with zero attached hydrogens (tertiary/aromatic N) is 3. The van der Waals surface area contributed by atoms with Gasteiger partial charge in [-0.2, -0.15) is 0 Å². The first-order chi connectivity index (χ1) is 11.3. The first kappa shape index (κ1) is 15.3. The lowest BCUT2D eigenvalue weighted by Crippen LogP contribution is -2.39. The third-order valence-corrected chi connectivity index (χ3v) is 5.69. The molecule has 2 aliphatic heterocycles. The quantitative estimate of drug-likeness (QED) is 0.862. The molecule has 4 heterocycles. The third kappa shape index (κ3) is 3.21. The summed E-state index contributed by atoms with van der Waals surface area (Å²) in [7, 11) is 2.10. The lowest BCUT2D eigenvalue weighted by molar-refractivity contribution is -0.0157. The van der Waals surface area contributed by atoms with Crippen molar-refractivity contribution < 1.29 is 9.47 Å². The molecule has 124 valence electrons. The maximum absolute atomic E-state index is 5.75. The van der Waals surface area contributed by atoms with Crippen molar-refractivity contribution in [2.24, 2.45) is 7.05 Å². The number of hydrogen-bond acceptors (Lipinski definition) is 5. The molecule has 23 heavy (non-hydrogen) atoms. The van der Waals surface area contributed by atoms with E-state index in [1.54, 1.807) is 11.3 Å². The molecule has 2 saturated heterocycles. The second-order valence-corrected chi connectivity index (χ2v) is 7.17. The molecule has 0 aromatic carbocycles. The molecular formula is C17H23N3O2S. The van der Waals surface area contributed by atoms with E-state index < -0.39 is 0 Å². The molecule has 0 spiro atoms. The molecular weight excluding hydrogens is 310 g/mol. The minimum Gasteiger partial charge on any atom is -0.378 e. The van der Waals surface area contributed by atoms with Crippen LogP contribution in [0.25, 0.3) is 0 Å². The van der Waals surface area contributed by atoms with Crippen molar-refractivity contribution in [2.75, 3.05) is 26.4 Å². The van der Waals surface area contributed by atoms with Crippen LogP contribution in [-0.2, 0) is 23.1 Å². The van der Waals surface area contributed by atoms with Crippen molar-refractivity contribution in [3.05, 3.63) is 40.1 Å². The first-order valence-electron chi connectivity index (χ1n) is 8.30. The van der Waals surface area contributed by atoms with E-state index >= 15 is 0 Å². The van der Waals surface area contributed by atoms with Crippen LogP contribution in [0.5, 0.6) is 0 Å². The van der Waals surface area contributed by atoms with Gasteiger partial charge in [-0.25, -0.2) is 4.98 Å². The van der Waals surface area contributed by atoms with E-state index in [9.17, 15) is 0 Å². The summed E-state index contributed by atoms with van der Waals surface area (Å²) in [5.74, 6) is 0. The van der Waals surface area contributed by atoms with Crippen molar-refractivity contribution in [2.45, 2.75) is 31.5 Å². The van der Waals surface area contributed by atoms with Crippen molar-refractivity contribution in [1.82, 2.24) is 14.5 Å². The van der Waals surface area contributed by atoms with Crippen LogP contribution in [0.4, 0.5) is 0 Å². The number of morpholine rings is 1. The average molecular weight is 333 g/mol. The molecule has 6 heteroatoms. The molecule has 5 nitrogen and oxygen atoms in total. The van der Waals surface area contributed by atoms with E-state index in [0.29, 0.717) is 6.04 Å². The van der Waals surface area contributed by atoms with Crippen LogP contribution in [0.15, 0.2) is 23.7 Å². The summed E-state index contributed by atoms with van der Waals surface area (Å²) in [5.41, 5.74) is 2.46. The summed E-state index contributed by atoms with van der Waals surface area (Å²) in [5, 5.41) is 3.33. The van der Waals surface area contributed by atoms with Crippen LogP contribution in [0.1, 0.15) is 41.4 Å². The number of rotatable bonds is 4. The molecule has 2 atom stereocenters. The van der Waals surface area contributed by atoms with Gasteiger partial charge >= 0.3 is 0 Å². The maximum atomic E-state index is 5.75. The van der Waals surface area contributed by atoms with Gasteiger partial charge in [-0.1, -0.05) is 0 Å². The highest BCUT2D eigenvalue weighted by Gasteiger charge is 2.27. The predicted molar refractivity (Wildman–Crippen MR) is 89.4 cm³/mol. The van der Waals surface area contributed by atoms with Gasteiger partial charge in [0.15, 0.2) is 0 Å². The van der Waals surface area contributed by atoms with Gasteiger partial charge in [0.1, 0.15) is 11.1 Å². The van der Waals surface area contributed by atoms with Crippen molar-refractivity contribution in [1.29, 1.82) is 0 Å². The van der Waals surface area contributed by atoms with E-state index in [0.717, 1.165) is 56.5 Å². The molecule has 2 aromatic rings. The van der Waals surface area contributed by atoms with Crippen LogP contribution < -0.4 is 0 Å². The monoisotopic (exact) mass is 333 g/mol. The normalized spacial score (nSPS) is 26.0. The Labute approximate surface area is 140 Å². The molecule has 0 bridgehead atoms. The Balaban J connectivity index is 1.49. The smallest absolute Gasteiger partial charge is 0.122 e. The van der Waals surface area contributed by atoms with Gasteiger partial charge in [-0.05, 0) is 25.0 Å². The minimum atomic E-state index is 0.224. The summed E-state index contributed by atoms with van der Waals surface area (Å²) in [6.07, 6.45) is 4.58. The van der Waals surface area contributed by atoms with Gasteiger partial charge in [-0.3, -0.25) is 4.90 Å². The number of aryl methyl sites for hydroxylation is 1. The number of thiazole rings is 1. The SMILES string of the molecule is Cn1cccc1C1COCCN1Cc1csc(C2CCCO2)n1. The van der Waals surface area contributed by atoms with E-state index in [1.165, 1.54) is 5.69 Å². The van der Waals surface area contributed by atoms with Gasteiger partial charge in [0.2, 0.25) is 0 Å². The molecule has 2 aliphatic rings. The summed E-state index contributed by atoms with van der Waals surface area (Å²) < 4.78 is 13.7. The Kier molecular flexibility index (Phi) is 4.48. The molecule has 4 rings (SSSR count). The lowest BCUT2D eigenvalue weighted by Gasteiger charge is -2.35. The lowest BCUT2D eigenvalue weighted by atomic mass is 10.1. The molecule has 2 aromatic heterocycles. The van der Waals surface area contributed by atoms with E-state index in [1.807, 2.05) is 0 Å². The predicted octanol–water partition coefficient (Wildman–Crippen LogP) is 2.91. The zero-order chi connectivity index (χ0) is 15.6. The highest BCUT2D eigenvalue weighted by molar-refractivity contribution is 7.09. The Morgan fingerprint density at radius 3 is 3.13 bits per heavy atom. The van der Waals surface area contributed by atoms with Gasteiger partial charge in [0, 0.05) is 44.0 Å². The highest BCUT2D eigenvalue weighted by Crippen LogP contribution is 2.32. The molecule has 0 aliphatic carbocycles. The molecule has 2 fully saturated rings. The largest absolute Gasteiger partial charge is 0.378 e. The van der Waals surface area contributed by atoms with Gasteiger partial charge in [0.05, 0.1) is 24.9 Å². The summed E-state index contributed by atoms with van der Waals surface area (Å²) in [6, 6.07) is 4.59. The average Bonchev–Trinajstić information content (AvgIpc) is 3.29. The summed E-state index contributed by atoms with van der Waals surface area (Å²) in [6.45, 7) is 4.24. The van der Waals surface area contributed by atoms with E-state index in [-0.39, 0.29) is 6.10 Å². The van der Waals surface area contributed by atoms with Crippen molar-refractivity contribution in [3.63, 3.8) is 0 Å². The molecule has 2 unspecified atom stereocenters. The Morgan fingerprint density at radius 1 is 1.39 bits per heavy atom. The van der Waals surface area contributed by atoms with Crippen LogP contribution in [0.2, 0.25) is 0 Å². The zero-order valence-electron chi connectivity index (χ0n) is 13.5. The molecule has 0 N–H and O–H groups in total. The second kappa shape index (κ2) is 6.73. The fourth-order valence-corrected chi connectivity index (χ4v) is 4.34. The van der Waals surface area contributed by atoms with Crippen LogP contribution in [0, 0.1) is 0 Å². The third-order valence-electron chi connectivity index (χ3n) is 4.70. The van der Waals surface area contributed by atoms with Gasteiger partial charge in [-0.15, -0.1) is 11.3 Å². The molecule has 0 amide bonds. The maximum Gasteiger partial charge on any atom is 0.122 e. The van der Waals surface area contributed by atoms with Crippen molar-refractivity contribution in [3.8, 4) is 0 Å². The van der Waals surface area contributed by atoms with Crippen LogP contribution >= 0.6 is 11.3 Å². The fraction of sp³-hybridized carbons (Fsp3) is 0.588. The number of ether oxygens (including phenoxy) is 2. The standard InChI is InChI=1S/C17H23N3O2S/c1-19-6-2-4-14(19)15-11-21-9-7-20(15)10-13-12-23-17(18-13)16-5-3-8-22-16/h2,4,6,12,15-16H,3,5,7-11H2,1H3. The number of aromatic nitrogens is 2. The highest BCUT2D eigenvalue weighted by atomic mass is 32.1.